The van der Waals surface area contributed by atoms with Crippen molar-refractivity contribution in [2.75, 3.05) is 6.61 Å². The molecule has 0 spiro atoms. The van der Waals surface area contributed by atoms with Gasteiger partial charge in [-0.15, -0.1) is 0 Å². The average molecular weight is 188 g/mol. The molecule has 0 aliphatic carbocycles. The summed E-state index contributed by atoms with van der Waals surface area (Å²) in [6.07, 6.45) is -1.33. The van der Waals surface area contributed by atoms with E-state index in [-0.39, 0.29) is 12.0 Å². The highest BCUT2D eigenvalue weighted by molar-refractivity contribution is 5.20. The lowest BCUT2D eigenvalue weighted by Gasteiger charge is -2.08. The van der Waals surface area contributed by atoms with Crippen LogP contribution in [0.15, 0.2) is 18.2 Å². The molecule has 1 aromatic rings. The second-order valence-corrected chi connectivity index (χ2v) is 2.74. The van der Waals surface area contributed by atoms with Crippen molar-refractivity contribution in [1.82, 2.24) is 0 Å². The maximum atomic E-state index is 12.9. The molecular weight excluding hydrogens is 178 g/mol. The van der Waals surface area contributed by atoms with Crippen molar-refractivity contribution >= 4 is 0 Å². The normalized spacial score (nSPS) is 12.9. The maximum absolute atomic E-state index is 12.9. The predicted molar refractivity (Wildman–Crippen MR) is 43.2 cm³/mol. The molecule has 0 radical (unpaired) electrons. The summed E-state index contributed by atoms with van der Waals surface area (Å²) in [5.74, 6) is -1.40. The molecule has 2 N–H and O–H groups in total. The summed E-state index contributed by atoms with van der Waals surface area (Å²) in [5.41, 5.74) is -0.191. The quantitative estimate of drug-likeness (QED) is 0.738. The summed E-state index contributed by atoms with van der Waals surface area (Å²) in [7, 11) is 0. The highest BCUT2D eigenvalue weighted by atomic mass is 19.1. The number of hydrogen-bond donors (Lipinski definition) is 2. The Hall–Kier alpha value is -1.00. The Balaban J connectivity index is 2.87. The molecule has 0 aliphatic rings. The molecule has 0 fully saturated rings. The number of aliphatic hydroxyl groups is 2. The van der Waals surface area contributed by atoms with Gasteiger partial charge >= 0.3 is 0 Å². The van der Waals surface area contributed by atoms with Crippen LogP contribution in [0, 0.1) is 11.6 Å². The Morgan fingerprint density at radius 1 is 1.23 bits per heavy atom. The molecule has 1 atom stereocenters. The first-order valence-corrected chi connectivity index (χ1v) is 3.87. The highest BCUT2D eigenvalue weighted by Gasteiger charge is 2.12. The maximum Gasteiger partial charge on any atom is 0.129 e. The molecule has 0 amide bonds. The van der Waals surface area contributed by atoms with Gasteiger partial charge in [-0.05, 0) is 12.1 Å². The van der Waals surface area contributed by atoms with Crippen LogP contribution in [0.3, 0.4) is 0 Å². The third-order valence-electron chi connectivity index (χ3n) is 1.71. The number of hydrogen-bond acceptors (Lipinski definition) is 2. The van der Waals surface area contributed by atoms with Gasteiger partial charge in [0.05, 0.1) is 12.7 Å². The molecule has 1 rings (SSSR count). The lowest BCUT2D eigenvalue weighted by Crippen LogP contribution is -2.16. The second-order valence-electron chi connectivity index (χ2n) is 2.74. The largest absolute Gasteiger partial charge is 0.394 e. The van der Waals surface area contributed by atoms with Gasteiger partial charge in [0, 0.05) is 12.0 Å². The van der Waals surface area contributed by atoms with E-state index in [2.05, 4.69) is 0 Å². The Labute approximate surface area is 74.4 Å². The van der Waals surface area contributed by atoms with Crippen LogP contribution in [0.25, 0.3) is 0 Å². The summed E-state index contributed by atoms with van der Waals surface area (Å²) in [4.78, 5) is 0. The molecule has 0 bridgehead atoms. The smallest absolute Gasteiger partial charge is 0.129 e. The van der Waals surface area contributed by atoms with E-state index in [1.807, 2.05) is 0 Å². The van der Waals surface area contributed by atoms with Crippen molar-refractivity contribution in [3.8, 4) is 0 Å². The van der Waals surface area contributed by atoms with Gasteiger partial charge in [-0.2, -0.15) is 0 Å². The van der Waals surface area contributed by atoms with E-state index in [0.717, 1.165) is 12.1 Å². The van der Waals surface area contributed by atoms with Gasteiger partial charge < -0.3 is 10.2 Å². The van der Waals surface area contributed by atoms with Crippen LogP contribution in [0.2, 0.25) is 0 Å². The van der Waals surface area contributed by atoms with Crippen LogP contribution >= 0.6 is 0 Å². The van der Waals surface area contributed by atoms with Gasteiger partial charge in [-0.3, -0.25) is 0 Å². The zero-order chi connectivity index (χ0) is 9.84. The van der Waals surface area contributed by atoms with Crippen LogP contribution in [0.5, 0.6) is 0 Å². The van der Waals surface area contributed by atoms with Crippen molar-refractivity contribution in [2.45, 2.75) is 12.5 Å². The molecule has 4 heteroatoms. The minimum Gasteiger partial charge on any atom is -0.394 e. The van der Waals surface area contributed by atoms with Gasteiger partial charge in [-0.1, -0.05) is 6.07 Å². The summed E-state index contributed by atoms with van der Waals surface area (Å²) < 4.78 is 25.8. The molecule has 0 saturated carbocycles. The van der Waals surface area contributed by atoms with Crippen LogP contribution in [-0.4, -0.2) is 22.9 Å². The van der Waals surface area contributed by atoms with E-state index >= 15 is 0 Å². The topological polar surface area (TPSA) is 40.5 Å². The minimum absolute atomic E-state index is 0.191. The number of benzene rings is 1. The van der Waals surface area contributed by atoms with Gasteiger partial charge in [0.15, 0.2) is 0 Å². The molecule has 1 aromatic carbocycles. The lowest BCUT2D eigenvalue weighted by molar-refractivity contribution is 0.0940. The molecular formula is C9H10F2O2. The Morgan fingerprint density at radius 2 is 1.77 bits per heavy atom. The van der Waals surface area contributed by atoms with Crippen LogP contribution < -0.4 is 0 Å². The molecule has 0 aliphatic heterocycles. The van der Waals surface area contributed by atoms with Gasteiger partial charge in [0.1, 0.15) is 11.6 Å². The Morgan fingerprint density at radius 3 is 2.23 bits per heavy atom. The highest BCUT2D eigenvalue weighted by Crippen LogP contribution is 2.13. The standard InChI is InChI=1S/C9H10F2O2/c10-8-2-1-3-9(11)7(8)4-6(13)5-12/h1-3,6,12-13H,4-5H2. The predicted octanol–water partition coefficient (Wildman–Crippen LogP) is 0.861. The van der Waals surface area contributed by atoms with Crippen LogP contribution in [0.1, 0.15) is 5.56 Å². The van der Waals surface area contributed by atoms with Gasteiger partial charge in [0.2, 0.25) is 0 Å². The monoisotopic (exact) mass is 188 g/mol. The summed E-state index contributed by atoms with van der Waals surface area (Å²) >= 11 is 0. The fourth-order valence-corrected chi connectivity index (χ4v) is 1.03. The summed E-state index contributed by atoms with van der Waals surface area (Å²) in [6.45, 7) is -0.506. The van der Waals surface area contributed by atoms with E-state index in [1.165, 1.54) is 6.07 Å². The summed E-state index contributed by atoms with van der Waals surface area (Å²) in [5, 5.41) is 17.5. The van der Waals surface area contributed by atoms with E-state index in [4.69, 9.17) is 10.2 Å². The van der Waals surface area contributed by atoms with Crippen molar-refractivity contribution in [2.24, 2.45) is 0 Å². The van der Waals surface area contributed by atoms with E-state index in [1.54, 1.807) is 0 Å². The number of rotatable bonds is 3. The zero-order valence-electron chi connectivity index (χ0n) is 6.87. The third kappa shape index (κ3) is 2.47. The molecule has 2 nitrogen and oxygen atoms in total. The fraction of sp³-hybridized carbons (Fsp3) is 0.333. The molecule has 0 heterocycles. The van der Waals surface area contributed by atoms with Crippen molar-refractivity contribution in [3.63, 3.8) is 0 Å². The van der Waals surface area contributed by atoms with Gasteiger partial charge in [0.25, 0.3) is 0 Å². The first-order valence-electron chi connectivity index (χ1n) is 3.87. The van der Waals surface area contributed by atoms with E-state index in [0.29, 0.717) is 0 Å². The molecule has 72 valence electrons. The molecule has 13 heavy (non-hydrogen) atoms. The number of aliphatic hydroxyl groups excluding tert-OH is 2. The fourth-order valence-electron chi connectivity index (χ4n) is 1.03. The molecule has 0 saturated heterocycles. The minimum atomic E-state index is -1.12. The lowest BCUT2D eigenvalue weighted by atomic mass is 10.1. The van der Waals surface area contributed by atoms with E-state index < -0.39 is 24.3 Å². The third-order valence-corrected chi connectivity index (χ3v) is 1.71. The first kappa shape index (κ1) is 10.1. The van der Waals surface area contributed by atoms with Crippen molar-refractivity contribution in [3.05, 3.63) is 35.4 Å². The van der Waals surface area contributed by atoms with Gasteiger partial charge in [-0.25, -0.2) is 8.78 Å². The first-order chi connectivity index (χ1) is 6.15. The number of halogens is 2. The van der Waals surface area contributed by atoms with Crippen molar-refractivity contribution in [1.29, 1.82) is 0 Å². The van der Waals surface area contributed by atoms with E-state index in [9.17, 15) is 8.78 Å². The SMILES string of the molecule is OCC(O)Cc1c(F)cccc1F. The van der Waals surface area contributed by atoms with Crippen molar-refractivity contribution < 1.29 is 19.0 Å². The van der Waals surface area contributed by atoms with Crippen LogP contribution in [-0.2, 0) is 6.42 Å². The molecule has 0 aromatic heterocycles. The second kappa shape index (κ2) is 4.30. The molecule has 1 unspecified atom stereocenters. The Kier molecular flexibility index (Phi) is 3.33. The van der Waals surface area contributed by atoms with Crippen LogP contribution in [0.4, 0.5) is 8.78 Å². The average Bonchev–Trinajstić information content (AvgIpc) is 2.11. The summed E-state index contributed by atoms with van der Waals surface area (Å²) in [6, 6.07) is 3.48. The Bertz CT molecular complexity index is 269. The zero-order valence-corrected chi connectivity index (χ0v) is 6.87.